The number of para-hydroxylation sites is 3. The first kappa shape index (κ1) is 29.9. The molecule has 0 fully saturated rings. The fourth-order valence-electron chi connectivity index (χ4n) is 8.40. The first-order valence-electron chi connectivity index (χ1n) is 18.4. The normalized spacial score (nSPS) is 12.0. The van der Waals surface area contributed by atoms with Crippen LogP contribution in [-0.2, 0) is 0 Å². The van der Waals surface area contributed by atoms with Gasteiger partial charge < -0.3 is 22.7 Å². The maximum absolute atomic E-state index is 6.54. The van der Waals surface area contributed by atoms with Crippen LogP contribution in [0.5, 0.6) is 0 Å². The molecule has 0 unspecified atom stereocenters. The minimum Gasteiger partial charge on any atom is -0.456 e. The molecule has 0 saturated heterocycles. The number of benzene rings is 8. The molecule has 0 aliphatic rings. The average molecular weight is 708 g/mol. The van der Waals surface area contributed by atoms with E-state index in [0.717, 1.165) is 94.1 Å². The first-order chi connectivity index (χ1) is 27.3. The Morgan fingerprint density at radius 2 is 1.07 bits per heavy atom. The van der Waals surface area contributed by atoms with Crippen molar-refractivity contribution in [1.82, 2.24) is 9.55 Å². The molecule has 0 radical (unpaired) electrons. The molecule has 6 heteroatoms. The molecule has 6 nitrogen and oxygen atoms in total. The molecule has 55 heavy (non-hydrogen) atoms. The third-order valence-corrected chi connectivity index (χ3v) is 10.8. The van der Waals surface area contributed by atoms with Crippen LogP contribution >= 0.6 is 0 Å². The second kappa shape index (κ2) is 11.5. The van der Waals surface area contributed by atoms with Crippen molar-refractivity contribution in [1.29, 1.82) is 0 Å². The van der Waals surface area contributed by atoms with Gasteiger partial charge in [-0.15, -0.1) is 0 Å². The number of aromatic nitrogens is 2. The van der Waals surface area contributed by atoms with Crippen LogP contribution in [0.4, 0.5) is 17.1 Å². The van der Waals surface area contributed by atoms with Gasteiger partial charge in [0.15, 0.2) is 5.58 Å². The van der Waals surface area contributed by atoms with Crippen molar-refractivity contribution in [2.75, 3.05) is 4.90 Å². The summed E-state index contributed by atoms with van der Waals surface area (Å²) >= 11 is 0. The van der Waals surface area contributed by atoms with Gasteiger partial charge in [-0.3, -0.25) is 0 Å². The van der Waals surface area contributed by atoms with Gasteiger partial charge in [0.2, 0.25) is 5.89 Å². The Balaban J connectivity index is 1.15. The van der Waals surface area contributed by atoms with Crippen LogP contribution in [0, 0.1) is 0 Å². The highest BCUT2D eigenvalue weighted by Crippen LogP contribution is 2.47. The van der Waals surface area contributed by atoms with Crippen molar-refractivity contribution >= 4 is 93.8 Å². The van der Waals surface area contributed by atoms with Crippen LogP contribution in [0.3, 0.4) is 0 Å². The number of hydrogen-bond acceptors (Lipinski definition) is 5. The molecule has 12 rings (SSSR count). The quantitative estimate of drug-likeness (QED) is 0.178. The Morgan fingerprint density at radius 1 is 0.436 bits per heavy atom. The van der Waals surface area contributed by atoms with E-state index < -0.39 is 0 Å². The summed E-state index contributed by atoms with van der Waals surface area (Å²) in [5.41, 5.74) is 12.1. The lowest BCUT2D eigenvalue weighted by molar-refractivity contribution is 0.622. The summed E-state index contributed by atoms with van der Waals surface area (Å²) in [5, 5.41) is 6.32. The van der Waals surface area contributed by atoms with E-state index in [1.165, 1.54) is 5.39 Å². The number of nitrogens with zero attached hydrogens (tertiary/aromatic N) is 3. The van der Waals surface area contributed by atoms with Gasteiger partial charge in [0.1, 0.15) is 27.8 Å². The van der Waals surface area contributed by atoms with Crippen molar-refractivity contribution in [2.24, 2.45) is 0 Å². The molecule has 258 valence electrons. The van der Waals surface area contributed by atoms with Crippen molar-refractivity contribution < 1.29 is 13.3 Å². The number of furan rings is 2. The second-order valence-electron chi connectivity index (χ2n) is 13.9. The summed E-state index contributed by atoms with van der Waals surface area (Å²) in [4.78, 5) is 7.24. The molecule has 12 aromatic rings. The van der Waals surface area contributed by atoms with E-state index in [2.05, 4.69) is 131 Å². The molecule has 4 heterocycles. The van der Waals surface area contributed by atoms with Crippen LogP contribution in [0.1, 0.15) is 0 Å². The predicted molar refractivity (Wildman–Crippen MR) is 223 cm³/mol. The number of oxazole rings is 1. The fraction of sp³-hybridized carbons (Fsp3) is 0. The molecule has 0 aliphatic carbocycles. The van der Waals surface area contributed by atoms with Gasteiger partial charge >= 0.3 is 0 Å². The Bertz CT molecular complexity index is 3440. The maximum Gasteiger partial charge on any atom is 0.227 e. The van der Waals surface area contributed by atoms with E-state index in [4.69, 9.17) is 18.2 Å². The van der Waals surface area contributed by atoms with Crippen LogP contribution < -0.4 is 4.90 Å². The Labute approximate surface area is 313 Å². The van der Waals surface area contributed by atoms with Crippen molar-refractivity contribution in [3.8, 4) is 17.1 Å². The highest BCUT2D eigenvalue weighted by atomic mass is 16.4. The number of rotatable bonds is 5. The van der Waals surface area contributed by atoms with Gasteiger partial charge in [-0.25, -0.2) is 4.98 Å². The summed E-state index contributed by atoms with van der Waals surface area (Å²) in [6.45, 7) is 0. The number of hydrogen-bond donors (Lipinski definition) is 0. The molecule has 0 saturated carbocycles. The largest absolute Gasteiger partial charge is 0.456 e. The highest BCUT2D eigenvalue weighted by Gasteiger charge is 2.24. The smallest absolute Gasteiger partial charge is 0.227 e. The van der Waals surface area contributed by atoms with Gasteiger partial charge in [0, 0.05) is 49.6 Å². The third kappa shape index (κ3) is 4.46. The van der Waals surface area contributed by atoms with Gasteiger partial charge in [-0.1, -0.05) is 78.9 Å². The van der Waals surface area contributed by atoms with E-state index in [1.807, 2.05) is 54.6 Å². The monoisotopic (exact) mass is 707 g/mol. The predicted octanol–water partition coefficient (Wildman–Crippen LogP) is 13.9. The maximum atomic E-state index is 6.54. The molecular formula is C49H29N3O3. The summed E-state index contributed by atoms with van der Waals surface area (Å²) in [6.07, 6.45) is 0. The van der Waals surface area contributed by atoms with Gasteiger partial charge in [0.25, 0.3) is 0 Å². The highest BCUT2D eigenvalue weighted by molar-refractivity contribution is 6.19. The average Bonchev–Trinajstić information content (AvgIpc) is 4.02. The Hall–Kier alpha value is -7.57. The Kier molecular flexibility index (Phi) is 6.24. The van der Waals surface area contributed by atoms with Crippen LogP contribution in [-0.4, -0.2) is 9.55 Å². The van der Waals surface area contributed by atoms with Gasteiger partial charge in [0.05, 0.1) is 22.1 Å². The zero-order chi connectivity index (χ0) is 36.0. The zero-order valence-electron chi connectivity index (χ0n) is 29.3. The van der Waals surface area contributed by atoms with E-state index in [1.54, 1.807) is 0 Å². The van der Waals surface area contributed by atoms with E-state index in [0.29, 0.717) is 11.5 Å². The molecule has 0 bridgehead atoms. The lowest BCUT2D eigenvalue weighted by Gasteiger charge is -2.26. The van der Waals surface area contributed by atoms with Crippen molar-refractivity contribution in [2.45, 2.75) is 0 Å². The summed E-state index contributed by atoms with van der Waals surface area (Å²) < 4.78 is 21.7. The minimum atomic E-state index is 0.581. The van der Waals surface area contributed by atoms with Crippen LogP contribution in [0.15, 0.2) is 189 Å². The summed E-state index contributed by atoms with van der Waals surface area (Å²) in [5.74, 6) is 0.581. The van der Waals surface area contributed by atoms with E-state index in [-0.39, 0.29) is 0 Å². The lowest BCUT2D eigenvalue weighted by atomic mass is 10.1. The molecule has 0 atom stereocenters. The topological polar surface area (TPSA) is 60.5 Å². The molecule has 0 amide bonds. The number of fused-ring (bicyclic) bond motifs is 11. The minimum absolute atomic E-state index is 0.581. The van der Waals surface area contributed by atoms with Crippen molar-refractivity contribution in [3.05, 3.63) is 176 Å². The standard InChI is InChI=1S/C49H29N3O3/c1-3-12-30(13-4-1)49-50-38-24-27-45-47(48(38)55-49)37-29-33(23-26-44(37)54-45)51(32-22-25-43-36(28-32)34-16-8-10-21-42(34)53-43)40-19-11-20-41-46(40)35-17-7-9-18-39(35)52(41)31-14-5-2-6-15-31/h1-29H. The molecule has 0 spiro atoms. The summed E-state index contributed by atoms with van der Waals surface area (Å²) in [6, 6.07) is 60.9. The SMILES string of the molecule is c1ccc(-c2nc3ccc4oc5ccc(N(c6ccc7oc8ccccc8c7c6)c6cccc7c6c6ccccc6n7-c6ccccc6)cc5c4c3o2)cc1. The summed E-state index contributed by atoms with van der Waals surface area (Å²) in [7, 11) is 0. The Morgan fingerprint density at radius 3 is 1.91 bits per heavy atom. The third-order valence-electron chi connectivity index (χ3n) is 10.8. The first-order valence-corrected chi connectivity index (χ1v) is 18.4. The van der Waals surface area contributed by atoms with E-state index in [9.17, 15) is 0 Å². The lowest BCUT2D eigenvalue weighted by Crippen LogP contribution is -2.10. The molecule has 0 aliphatic heterocycles. The molecule has 0 N–H and O–H groups in total. The second-order valence-corrected chi connectivity index (χ2v) is 13.9. The van der Waals surface area contributed by atoms with Gasteiger partial charge in [-0.05, 0) is 97.1 Å². The zero-order valence-corrected chi connectivity index (χ0v) is 29.3. The van der Waals surface area contributed by atoms with Crippen molar-refractivity contribution in [3.63, 3.8) is 0 Å². The van der Waals surface area contributed by atoms with Gasteiger partial charge in [-0.2, -0.15) is 0 Å². The molecule has 4 aromatic heterocycles. The van der Waals surface area contributed by atoms with Crippen LogP contribution in [0.2, 0.25) is 0 Å². The molecule has 8 aromatic carbocycles. The fourth-order valence-corrected chi connectivity index (χ4v) is 8.40. The van der Waals surface area contributed by atoms with E-state index >= 15 is 0 Å². The number of anilines is 3. The van der Waals surface area contributed by atoms with Crippen LogP contribution in [0.25, 0.3) is 93.9 Å². The molecular weight excluding hydrogens is 679 g/mol.